The van der Waals surface area contributed by atoms with Crippen molar-refractivity contribution in [3.63, 3.8) is 0 Å². The van der Waals surface area contributed by atoms with Crippen LogP contribution in [0.1, 0.15) is 13.8 Å². The van der Waals surface area contributed by atoms with Crippen LogP contribution >= 0.6 is 0 Å². The van der Waals surface area contributed by atoms with E-state index in [0.29, 0.717) is 0 Å². The van der Waals surface area contributed by atoms with Gasteiger partial charge in [0, 0.05) is 0 Å². The summed E-state index contributed by atoms with van der Waals surface area (Å²) >= 11 is 0. The van der Waals surface area contributed by atoms with Crippen molar-refractivity contribution < 1.29 is 16.5 Å². The Morgan fingerprint density at radius 1 is 0.619 bits per heavy atom. The van der Waals surface area contributed by atoms with Gasteiger partial charge in [-0.3, -0.25) is 9.98 Å². The fourth-order valence-electron chi connectivity index (χ4n) is 1.55. The van der Waals surface area contributed by atoms with E-state index in [0.717, 1.165) is 22.8 Å². The predicted octanol–water partition coefficient (Wildman–Crippen LogP) is 5.47. The molecule has 114 valence electrons. The molecule has 2 rings (SSSR count). The van der Waals surface area contributed by atoms with Gasteiger partial charge in [-0.25, -0.2) is 0 Å². The smallest absolute Gasteiger partial charge is 0.358 e. The maximum absolute atomic E-state index is 4.54. The number of hydrogen-bond donors (Lipinski definition) is 0. The first-order valence-corrected chi connectivity index (χ1v) is 5.97. The molecule has 0 heterocycles. The zero-order chi connectivity index (χ0) is 12.8. The number of para-hydroxylation sites is 2. The van der Waals surface area contributed by atoms with E-state index in [1.807, 2.05) is 74.5 Å². The molecule has 0 unspecified atom stereocenters. The second-order valence-corrected chi connectivity index (χ2v) is 4.07. The van der Waals surface area contributed by atoms with Crippen LogP contribution in [-0.4, -0.2) is 11.4 Å². The van der Waals surface area contributed by atoms with Crippen LogP contribution in [0.25, 0.3) is 0 Å². The molecule has 0 saturated heterocycles. The summed E-state index contributed by atoms with van der Waals surface area (Å²) in [6, 6.07) is 19.8. The van der Waals surface area contributed by atoms with Gasteiger partial charge in [-0.2, -0.15) is 0 Å². The minimum Gasteiger partial charge on any atom is -0.358 e. The van der Waals surface area contributed by atoms with E-state index in [-0.39, 0.29) is 31.3 Å². The summed E-state index contributed by atoms with van der Waals surface area (Å²) in [5.41, 5.74) is 3.78. The monoisotopic (exact) mass is 324 g/mol. The minimum absolute atomic E-state index is 0. The molecule has 0 aliphatic rings. The summed E-state index contributed by atoms with van der Waals surface area (Å²) in [6.45, 7) is 3.96. The standard InChI is InChI=1S/C16H16N2.2CH3.Ni/c1-13(17-15-9-5-3-6-10-15)14(2)18-16-11-7-4-8-12-16;;;/h3-12H,1-2H3;2*1H3;/q;2*-1;+2. The fourth-order valence-corrected chi connectivity index (χ4v) is 1.55. The SMILES string of the molecule is CC(=Nc1ccccc1)C(C)=Nc1ccccc1.[CH3-].[CH3-].[Ni+2]. The molecule has 2 aromatic carbocycles. The first kappa shape index (κ1) is 21.6. The van der Waals surface area contributed by atoms with Gasteiger partial charge >= 0.3 is 16.5 Å². The second-order valence-electron chi connectivity index (χ2n) is 4.07. The summed E-state index contributed by atoms with van der Waals surface area (Å²) in [4.78, 5) is 9.08. The Morgan fingerprint density at radius 2 is 0.905 bits per heavy atom. The zero-order valence-corrected chi connectivity index (χ0v) is 14.0. The van der Waals surface area contributed by atoms with Crippen LogP contribution in [0.15, 0.2) is 70.6 Å². The summed E-state index contributed by atoms with van der Waals surface area (Å²) in [7, 11) is 0. The van der Waals surface area contributed by atoms with Crippen LogP contribution in [0, 0.1) is 14.9 Å². The second kappa shape index (κ2) is 11.0. The third-order valence-electron chi connectivity index (χ3n) is 2.63. The van der Waals surface area contributed by atoms with Crippen LogP contribution in [-0.2, 0) is 16.5 Å². The molecule has 0 atom stereocenters. The Hall–Kier alpha value is -1.73. The number of benzene rings is 2. The van der Waals surface area contributed by atoms with Gasteiger partial charge in [-0.15, -0.1) is 0 Å². The molecule has 0 spiro atoms. The average Bonchev–Trinajstić information content (AvgIpc) is 2.41. The van der Waals surface area contributed by atoms with Crippen LogP contribution in [0.2, 0.25) is 0 Å². The average molecular weight is 325 g/mol. The van der Waals surface area contributed by atoms with Crippen LogP contribution in [0.4, 0.5) is 11.4 Å². The van der Waals surface area contributed by atoms with Crippen molar-refractivity contribution in [3.8, 4) is 0 Å². The van der Waals surface area contributed by atoms with Crippen LogP contribution in [0.3, 0.4) is 0 Å². The summed E-state index contributed by atoms with van der Waals surface area (Å²) in [5, 5.41) is 0. The van der Waals surface area contributed by atoms with E-state index in [9.17, 15) is 0 Å². The molecule has 0 N–H and O–H groups in total. The van der Waals surface area contributed by atoms with E-state index >= 15 is 0 Å². The topological polar surface area (TPSA) is 24.7 Å². The van der Waals surface area contributed by atoms with Crippen molar-refractivity contribution in [1.82, 2.24) is 0 Å². The molecule has 0 fully saturated rings. The normalized spacial score (nSPS) is 10.8. The van der Waals surface area contributed by atoms with Gasteiger partial charge in [0.2, 0.25) is 0 Å². The van der Waals surface area contributed by atoms with E-state index in [1.54, 1.807) is 0 Å². The Morgan fingerprint density at radius 3 is 1.19 bits per heavy atom. The van der Waals surface area contributed by atoms with Crippen molar-refractivity contribution in [2.24, 2.45) is 9.98 Å². The van der Waals surface area contributed by atoms with Gasteiger partial charge in [0.25, 0.3) is 0 Å². The molecule has 0 saturated carbocycles. The quantitative estimate of drug-likeness (QED) is 0.406. The Balaban J connectivity index is 0. The van der Waals surface area contributed by atoms with Gasteiger partial charge in [0.05, 0.1) is 22.8 Å². The van der Waals surface area contributed by atoms with E-state index in [2.05, 4.69) is 9.98 Å². The summed E-state index contributed by atoms with van der Waals surface area (Å²) in [6.07, 6.45) is 0. The Bertz CT molecular complexity index is 507. The van der Waals surface area contributed by atoms with Gasteiger partial charge in [-0.05, 0) is 38.1 Å². The third kappa shape index (κ3) is 7.01. The minimum atomic E-state index is 0. The fraction of sp³-hybridized carbons (Fsp3) is 0.111. The first-order valence-electron chi connectivity index (χ1n) is 5.97. The Kier molecular flexibility index (Phi) is 11.3. The molecule has 0 radical (unpaired) electrons. The molecule has 3 heteroatoms. The zero-order valence-electron chi connectivity index (χ0n) is 13.0. The molecule has 0 amide bonds. The number of nitrogens with zero attached hydrogens (tertiary/aromatic N) is 2. The maximum atomic E-state index is 4.54. The summed E-state index contributed by atoms with van der Waals surface area (Å²) < 4.78 is 0. The van der Waals surface area contributed by atoms with Gasteiger partial charge in [-0.1, -0.05) is 36.4 Å². The predicted molar refractivity (Wildman–Crippen MR) is 91.3 cm³/mol. The van der Waals surface area contributed by atoms with Crippen molar-refractivity contribution >= 4 is 22.8 Å². The molecule has 0 aliphatic carbocycles. The van der Waals surface area contributed by atoms with E-state index in [4.69, 9.17) is 0 Å². The molecule has 2 aromatic rings. The largest absolute Gasteiger partial charge is 2.00 e. The van der Waals surface area contributed by atoms with Gasteiger partial charge in [0.15, 0.2) is 0 Å². The van der Waals surface area contributed by atoms with Gasteiger partial charge < -0.3 is 14.9 Å². The van der Waals surface area contributed by atoms with E-state index in [1.165, 1.54) is 0 Å². The molecular weight excluding hydrogens is 303 g/mol. The Labute approximate surface area is 139 Å². The van der Waals surface area contributed by atoms with Crippen LogP contribution < -0.4 is 0 Å². The maximum Gasteiger partial charge on any atom is 2.00 e. The third-order valence-corrected chi connectivity index (χ3v) is 2.63. The van der Waals surface area contributed by atoms with E-state index < -0.39 is 0 Å². The number of aliphatic imine (C=N–C) groups is 2. The van der Waals surface area contributed by atoms with Crippen LogP contribution in [0.5, 0.6) is 0 Å². The van der Waals surface area contributed by atoms with Crippen molar-refractivity contribution in [2.75, 3.05) is 0 Å². The summed E-state index contributed by atoms with van der Waals surface area (Å²) in [5.74, 6) is 0. The molecule has 0 bridgehead atoms. The molecule has 0 aromatic heterocycles. The molecule has 21 heavy (non-hydrogen) atoms. The molecule has 2 nitrogen and oxygen atoms in total. The van der Waals surface area contributed by atoms with Crippen molar-refractivity contribution in [1.29, 1.82) is 0 Å². The number of rotatable bonds is 3. The van der Waals surface area contributed by atoms with Crippen molar-refractivity contribution in [3.05, 3.63) is 75.5 Å². The van der Waals surface area contributed by atoms with Crippen molar-refractivity contribution in [2.45, 2.75) is 13.8 Å². The molecular formula is C18H22N2Ni. The first-order chi connectivity index (χ1) is 8.75. The molecule has 0 aliphatic heterocycles. The number of hydrogen-bond acceptors (Lipinski definition) is 2. The van der Waals surface area contributed by atoms with Gasteiger partial charge in [0.1, 0.15) is 0 Å².